The molecular weight excluding hydrogens is 282 g/mol. The van der Waals surface area contributed by atoms with Crippen molar-refractivity contribution in [2.75, 3.05) is 19.6 Å². The van der Waals surface area contributed by atoms with Crippen molar-refractivity contribution in [3.8, 4) is 0 Å². The summed E-state index contributed by atoms with van der Waals surface area (Å²) in [4.78, 5) is 18.9. The molecule has 2 rings (SSSR count). The maximum Gasteiger partial charge on any atom is 0.228 e. The fourth-order valence-electron chi connectivity index (χ4n) is 2.67. The van der Waals surface area contributed by atoms with Gasteiger partial charge in [0.2, 0.25) is 5.91 Å². The number of piperidine rings is 1. The molecule has 1 aliphatic heterocycles. The largest absolute Gasteiger partial charge is 0.342 e. The molecule has 21 heavy (non-hydrogen) atoms. The van der Waals surface area contributed by atoms with Crippen LogP contribution in [0.15, 0.2) is 5.38 Å². The lowest BCUT2D eigenvalue weighted by Crippen LogP contribution is -2.38. The predicted molar refractivity (Wildman–Crippen MR) is 87.4 cm³/mol. The second-order valence-corrected chi connectivity index (χ2v) is 7.01. The number of nitrogens with zero attached hydrogens (tertiary/aromatic N) is 2. The van der Waals surface area contributed by atoms with Crippen molar-refractivity contribution in [3.63, 3.8) is 0 Å². The molecule has 0 bridgehead atoms. The van der Waals surface area contributed by atoms with Crippen LogP contribution >= 0.6 is 11.3 Å². The monoisotopic (exact) mass is 309 g/mol. The summed E-state index contributed by atoms with van der Waals surface area (Å²) in [5.74, 6) is 0.996. The maximum atomic E-state index is 12.3. The average Bonchev–Trinajstić information content (AvgIpc) is 2.92. The second kappa shape index (κ2) is 8.49. The Morgan fingerprint density at radius 3 is 2.86 bits per heavy atom. The highest BCUT2D eigenvalue weighted by Crippen LogP contribution is 2.18. The molecule has 1 aromatic rings. The molecule has 4 nitrogen and oxygen atoms in total. The van der Waals surface area contributed by atoms with Crippen LogP contribution < -0.4 is 5.73 Å². The van der Waals surface area contributed by atoms with Crippen molar-refractivity contribution in [1.82, 2.24) is 9.88 Å². The third-order valence-electron chi connectivity index (χ3n) is 4.16. The Labute approximate surface area is 131 Å². The summed E-state index contributed by atoms with van der Waals surface area (Å²) in [5, 5.41) is 3.20. The van der Waals surface area contributed by atoms with Gasteiger partial charge in [0.1, 0.15) is 0 Å². The van der Waals surface area contributed by atoms with Crippen LogP contribution in [0.25, 0.3) is 0 Å². The minimum absolute atomic E-state index is 0.238. The standard InChI is InChI=1S/C16H27N3OS/c1-13-6-9-19(10-7-13)16(20)11-14-12-21-15(18-14)5-3-2-4-8-17/h12-13H,2-11,17H2,1H3. The summed E-state index contributed by atoms with van der Waals surface area (Å²) >= 11 is 1.68. The minimum atomic E-state index is 0.238. The van der Waals surface area contributed by atoms with Gasteiger partial charge in [-0.3, -0.25) is 4.79 Å². The van der Waals surface area contributed by atoms with Crippen LogP contribution in [0, 0.1) is 5.92 Å². The Morgan fingerprint density at radius 1 is 1.38 bits per heavy atom. The van der Waals surface area contributed by atoms with Crippen LogP contribution in [0.4, 0.5) is 0 Å². The van der Waals surface area contributed by atoms with Crippen LogP contribution in [0.5, 0.6) is 0 Å². The lowest BCUT2D eigenvalue weighted by Gasteiger charge is -2.30. The number of amides is 1. The molecule has 1 aliphatic rings. The Balaban J connectivity index is 1.75. The Morgan fingerprint density at radius 2 is 2.14 bits per heavy atom. The zero-order chi connectivity index (χ0) is 15.1. The first-order valence-corrected chi connectivity index (χ1v) is 8.98. The zero-order valence-corrected chi connectivity index (χ0v) is 13.8. The number of nitrogens with two attached hydrogens (primary N) is 1. The maximum absolute atomic E-state index is 12.3. The van der Waals surface area contributed by atoms with Gasteiger partial charge >= 0.3 is 0 Å². The van der Waals surface area contributed by atoms with Crippen LogP contribution in [0.1, 0.15) is 49.7 Å². The topological polar surface area (TPSA) is 59.2 Å². The molecule has 2 N–H and O–H groups in total. The second-order valence-electron chi connectivity index (χ2n) is 6.07. The van der Waals surface area contributed by atoms with Gasteiger partial charge in [-0.15, -0.1) is 11.3 Å². The Bertz CT molecular complexity index is 438. The summed E-state index contributed by atoms with van der Waals surface area (Å²) in [7, 11) is 0. The molecule has 0 unspecified atom stereocenters. The SMILES string of the molecule is CC1CCN(C(=O)Cc2csc(CCCCCN)n2)CC1. The Hall–Kier alpha value is -0.940. The summed E-state index contributed by atoms with van der Waals surface area (Å²) in [6, 6.07) is 0. The van der Waals surface area contributed by atoms with Crippen molar-refractivity contribution < 1.29 is 4.79 Å². The molecule has 1 fully saturated rings. The number of unbranched alkanes of at least 4 members (excludes halogenated alkanes) is 2. The zero-order valence-electron chi connectivity index (χ0n) is 13.0. The first-order chi connectivity index (χ1) is 10.2. The van der Waals surface area contributed by atoms with Crippen molar-refractivity contribution in [3.05, 3.63) is 16.1 Å². The molecule has 1 amide bonds. The third-order valence-corrected chi connectivity index (χ3v) is 5.12. The molecule has 0 aromatic carbocycles. The summed E-state index contributed by atoms with van der Waals surface area (Å²) in [5.41, 5.74) is 6.43. The van der Waals surface area contributed by atoms with Crippen LogP contribution in [-0.2, 0) is 17.6 Å². The molecule has 1 saturated heterocycles. The normalized spacial score (nSPS) is 16.4. The van der Waals surface area contributed by atoms with E-state index in [1.54, 1.807) is 11.3 Å². The fraction of sp³-hybridized carbons (Fsp3) is 0.750. The van der Waals surface area contributed by atoms with Gasteiger partial charge in [-0.05, 0) is 44.6 Å². The van der Waals surface area contributed by atoms with Gasteiger partial charge in [0, 0.05) is 18.5 Å². The first-order valence-electron chi connectivity index (χ1n) is 8.10. The van der Waals surface area contributed by atoms with Crippen LogP contribution in [0.3, 0.4) is 0 Å². The average molecular weight is 309 g/mol. The summed E-state index contributed by atoms with van der Waals surface area (Å²) in [6.07, 6.45) is 7.14. The lowest BCUT2D eigenvalue weighted by molar-refractivity contribution is -0.131. The van der Waals surface area contributed by atoms with E-state index < -0.39 is 0 Å². The highest BCUT2D eigenvalue weighted by molar-refractivity contribution is 7.09. The molecule has 0 aliphatic carbocycles. The van der Waals surface area contributed by atoms with Gasteiger partial charge in [-0.2, -0.15) is 0 Å². The number of likely N-dealkylation sites (tertiary alicyclic amines) is 1. The fourth-order valence-corrected chi connectivity index (χ4v) is 3.51. The number of hydrogen-bond donors (Lipinski definition) is 1. The van der Waals surface area contributed by atoms with E-state index in [4.69, 9.17) is 5.73 Å². The van der Waals surface area contributed by atoms with E-state index >= 15 is 0 Å². The molecule has 0 saturated carbocycles. The molecule has 2 heterocycles. The highest BCUT2D eigenvalue weighted by atomic mass is 32.1. The Kier molecular flexibility index (Phi) is 6.64. The number of carbonyl (C=O) groups excluding carboxylic acids is 1. The van der Waals surface area contributed by atoms with E-state index in [-0.39, 0.29) is 5.91 Å². The van der Waals surface area contributed by atoms with E-state index in [0.717, 1.165) is 74.8 Å². The van der Waals surface area contributed by atoms with Crippen molar-refractivity contribution in [1.29, 1.82) is 0 Å². The van der Waals surface area contributed by atoms with Gasteiger partial charge in [0.25, 0.3) is 0 Å². The van der Waals surface area contributed by atoms with Crippen molar-refractivity contribution in [2.24, 2.45) is 11.7 Å². The number of hydrogen-bond acceptors (Lipinski definition) is 4. The van der Waals surface area contributed by atoms with Gasteiger partial charge < -0.3 is 10.6 Å². The van der Waals surface area contributed by atoms with Gasteiger partial charge in [0.15, 0.2) is 0 Å². The van der Waals surface area contributed by atoms with Crippen LogP contribution in [0.2, 0.25) is 0 Å². The molecule has 5 heteroatoms. The number of aryl methyl sites for hydroxylation is 1. The molecule has 0 atom stereocenters. The summed E-state index contributed by atoms with van der Waals surface area (Å²) < 4.78 is 0. The van der Waals surface area contributed by atoms with Gasteiger partial charge in [-0.25, -0.2) is 4.98 Å². The lowest BCUT2D eigenvalue weighted by atomic mass is 9.99. The van der Waals surface area contributed by atoms with Crippen molar-refractivity contribution in [2.45, 2.75) is 51.9 Å². The van der Waals surface area contributed by atoms with E-state index in [2.05, 4.69) is 11.9 Å². The number of rotatable bonds is 7. The van der Waals surface area contributed by atoms with Gasteiger partial charge in [-0.1, -0.05) is 13.3 Å². The van der Waals surface area contributed by atoms with E-state index in [0.29, 0.717) is 6.42 Å². The quantitative estimate of drug-likeness (QED) is 0.788. The highest BCUT2D eigenvalue weighted by Gasteiger charge is 2.20. The van der Waals surface area contributed by atoms with E-state index in [9.17, 15) is 4.79 Å². The number of thiazole rings is 1. The molecule has 1 aromatic heterocycles. The molecule has 118 valence electrons. The predicted octanol–water partition coefficient (Wildman–Crippen LogP) is 2.62. The molecule has 0 radical (unpaired) electrons. The minimum Gasteiger partial charge on any atom is -0.342 e. The third kappa shape index (κ3) is 5.40. The molecular formula is C16H27N3OS. The summed E-state index contributed by atoms with van der Waals surface area (Å²) in [6.45, 7) is 4.86. The van der Waals surface area contributed by atoms with E-state index in [1.807, 2.05) is 10.3 Å². The van der Waals surface area contributed by atoms with Gasteiger partial charge in [0.05, 0.1) is 17.1 Å². The van der Waals surface area contributed by atoms with Crippen molar-refractivity contribution >= 4 is 17.2 Å². The number of aromatic nitrogens is 1. The van der Waals surface area contributed by atoms with Crippen LogP contribution in [-0.4, -0.2) is 35.4 Å². The van der Waals surface area contributed by atoms with E-state index in [1.165, 1.54) is 0 Å². The molecule has 0 spiro atoms. The smallest absolute Gasteiger partial charge is 0.228 e. The first kappa shape index (κ1) is 16.4. The number of carbonyl (C=O) groups is 1.